The van der Waals surface area contributed by atoms with Gasteiger partial charge in [-0.3, -0.25) is 0 Å². The van der Waals surface area contributed by atoms with Crippen LogP contribution in [0.5, 0.6) is 11.5 Å². The van der Waals surface area contributed by atoms with Gasteiger partial charge >= 0.3 is 0 Å². The summed E-state index contributed by atoms with van der Waals surface area (Å²) in [7, 11) is 0. The Morgan fingerprint density at radius 2 is 1.83 bits per heavy atom. The third kappa shape index (κ3) is 1.88. The minimum atomic E-state index is 0.892. The van der Waals surface area contributed by atoms with Crippen LogP contribution in [0.1, 0.15) is 19.8 Å². The van der Waals surface area contributed by atoms with Gasteiger partial charge in [-0.15, -0.1) is 0 Å². The van der Waals surface area contributed by atoms with Crippen LogP contribution >= 0.6 is 0 Å². The zero-order valence-corrected chi connectivity index (χ0v) is 13.6. The van der Waals surface area contributed by atoms with Crippen molar-refractivity contribution in [1.82, 2.24) is 4.57 Å². The monoisotopic (exact) mass is 314 g/mol. The van der Waals surface area contributed by atoms with Gasteiger partial charge in [0.05, 0.1) is 23.3 Å². The molecule has 1 aliphatic heterocycles. The smallest absolute Gasteiger partial charge is 0.244 e. The number of benzene rings is 3. The fourth-order valence-corrected chi connectivity index (χ4v) is 3.50. The first-order valence-corrected chi connectivity index (χ1v) is 8.53. The van der Waals surface area contributed by atoms with Gasteiger partial charge in [-0.05, 0) is 35.4 Å². The predicted octanol–water partition coefficient (Wildman–Crippen LogP) is 4.78. The molecule has 0 fully saturated rings. The summed E-state index contributed by atoms with van der Waals surface area (Å²) < 4.78 is 10.6. The molecule has 0 N–H and O–H groups in total. The molecule has 3 nitrogen and oxygen atoms in total. The molecule has 2 heterocycles. The van der Waals surface area contributed by atoms with Crippen molar-refractivity contribution < 1.29 is 9.30 Å². The van der Waals surface area contributed by atoms with Crippen LogP contribution < -0.4 is 9.30 Å². The van der Waals surface area contributed by atoms with E-state index in [1.165, 1.54) is 22.7 Å². The summed E-state index contributed by atoms with van der Waals surface area (Å²) in [6, 6.07) is 19.0. The van der Waals surface area contributed by atoms with Gasteiger partial charge in [0.1, 0.15) is 11.5 Å². The molecule has 0 unspecified atom stereocenters. The van der Waals surface area contributed by atoms with Gasteiger partial charge < -0.3 is 13.9 Å². The van der Waals surface area contributed by atoms with E-state index in [-0.39, 0.29) is 0 Å². The zero-order valence-electron chi connectivity index (χ0n) is 13.6. The number of unbranched alkanes of at least 4 members (excludes halogenated alkanes) is 1. The molecule has 24 heavy (non-hydrogen) atoms. The van der Waals surface area contributed by atoms with E-state index in [0.29, 0.717) is 0 Å². The highest BCUT2D eigenvalue weighted by atomic mass is 16.5. The SMILES string of the molecule is CCCCn1[c-][n+]2c3c(cccc31)Oc1cc3ccccc3cc1-2. The number of ether oxygens (including phenoxy) is 1. The Hall–Kier alpha value is -2.81. The van der Waals surface area contributed by atoms with E-state index in [1.54, 1.807) is 0 Å². The van der Waals surface area contributed by atoms with Crippen molar-refractivity contribution in [3.05, 3.63) is 60.9 Å². The molecule has 1 aromatic heterocycles. The number of para-hydroxylation sites is 1. The maximum Gasteiger partial charge on any atom is 0.244 e. The van der Waals surface area contributed by atoms with Gasteiger partial charge in [-0.2, -0.15) is 0 Å². The van der Waals surface area contributed by atoms with Gasteiger partial charge in [0, 0.05) is 0 Å². The van der Waals surface area contributed by atoms with Crippen molar-refractivity contribution in [2.24, 2.45) is 0 Å². The molecule has 0 bridgehead atoms. The van der Waals surface area contributed by atoms with E-state index < -0.39 is 0 Å². The molecule has 1 aliphatic rings. The van der Waals surface area contributed by atoms with Crippen molar-refractivity contribution in [3.8, 4) is 17.2 Å². The Labute approximate surface area is 140 Å². The molecule has 118 valence electrons. The Morgan fingerprint density at radius 1 is 1.00 bits per heavy atom. The number of hydrogen-bond donors (Lipinski definition) is 0. The summed E-state index contributed by atoms with van der Waals surface area (Å²) in [6.45, 7) is 3.19. The van der Waals surface area contributed by atoms with E-state index in [0.717, 1.165) is 35.7 Å². The molecule has 0 radical (unpaired) electrons. The van der Waals surface area contributed by atoms with Crippen LogP contribution in [0.2, 0.25) is 0 Å². The number of aryl methyl sites for hydroxylation is 1. The van der Waals surface area contributed by atoms with E-state index in [4.69, 9.17) is 4.74 Å². The Balaban J connectivity index is 1.80. The number of imidazole rings is 1. The summed E-state index contributed by atoms with van der Waals surface area (Å²) >= 11 is 0. The number of hydrogen-bond acceptors (Lipinski definition) is 1. The third-order valence-electron chi connectivity index (χ3n) is 4.74. The van der Waals surface area contributed by atoms with Gasteiger partial charge in [0.25, 0.3) is 0 Å². The van der Waals surface area contributed by atoms with E-state index in [2.05, 4.69) is 70.9 Å². The lowest BCUT2D eigenvalue weighted by molar-refractivity contribution is -0.575. The molecule has 0 atom stereocenters. The minimum absolute atomic E-state index is 0.892. The largest absolute Gasteiger partial charge is 0.469 e. The molecule has 0 amide bonds. The Kier molecular flexibility index (Phi) is 2.89. The van der Waals surface area contributed by atoms with Crippen LogP contribution in [0.15, 0.2) is 54.6 Å². The van der Waals surface area contributed by atoms with Crippen LogP contribution in [-0.2, 0) is 6.54 Å². The highest BCUT2D eigenvalue weighted by molar-refractivity contribution is 5.88. The lowest BCUT2D eigenvalue weighted by Gasteiger charge is -2.21. The first-order valence-electron chi connectivity index (χ1n) is 8.53. The highest BCUT2D eigenvalue weighted by Gasteiger charge is 2.21. The van der Waals surface area contributed by atoms with Crippen LogP contribution in [0, 0.1) is 6.33 Å². The molecule has 0 saturated carbocycles. The summed E-state index contributed by atoms with van der Waals surface area (Å²) in [6.07, 6.45) is 5.86. The Morgan fingerprint density at radius 3 is 2.67 bits per heavy atom. The quantitative estimate of drug-likeness (QED) is 0.346. The van der Waals surface area contributed by atoms with E-state index in [1.807, 2.05) is 6.07 Å². The molecule has 3 aromatic carbocycles. The van der Waals surface area contributed by atoms with Crippen LogP contribution in [0.4, 0.5) is 0 Å². The number of aromatic nitrogens is 2. The highest BCUT2D eigenvalue weighted by Crippen LogP contribution is 2.37. The van der Waals surface area contributed by atoms with Gasteiger partial charge in [0.2, 0.25) is 6.33 Å². The molecule has 0 aliphatic carbocycles. The summed E-state index contributed by atoms with van der Waals surface area (Å²) in [5.74, 6) is 1.80. The predicted molar refractivity (Wildman–Crippen MR) is 94.8 cm³/mol. The van der Waals surface area contributed by atoms with Crippen LogP contribution in [-0.4, -0.2) is 4.57 Å². The number of nitrogens with zero attached hydrogens (tertiary/aromatic N) is 2. The standard InChI is InChI=1S/C21H18N2O/c1-2-3-11-22-14-23-18-12-15-7-4-5-8-16(15)13-20(18)24-19-10-6-9-17(22)21(19)23/h4-10,12-13H,2-3,11H2,1H3. The van der Waals surface area contributed by atoms with Crippen molar-refractivity contribution in [2.45, 2.75) is 26.3 Å². The topological polar surface area (TPSA) is 18.0 Å². The molecule has 4 aromatic rings. The van der Waals surface area contributed by atoms with Crippen molar-refractivity contribution in [1.29, 1.82) is 0 Å². The summed E-state index contributed by atoms with van der Waals surface area (Å²) in [5.41, 5.74) is 3.35. The second-order valence-corrected chi connectivity index (χ2v) is 6.33. The van der Waals surface area contributed by atoms with Gasteiger partial charge in [-0.25, -0.2) is 0 Å². The third-order valence-corrected chi connectivity index (χ3v) is 4.74. The van der Waals surface area contributed by atoms with Crippen LogP contribution in [0.3, 0.4) is 0 Å². The second-order valence-electron chi connectivity index (χ2n) is 6.33. The number of rotatable bonds is 3. The van der Waals surface area contributed by atoms with Crippen molar-refractivity contribution in [2.75, 3.05) is 0 Å². The molecular weight excluding hydrogens is 296 g/mol. The maximum atomic E-state index is 6.22. The fraction of sp³-hybridized carbons (Fsp3) is 0.190. The average molecular weight is 314 g/mol. The molecule has 3 heteroatoms. The summed E-state index contributed by atoms with van der Waals surface area (Å²) in [5, 5.41) is 2.41. The van der Waals surface area contributed by atoms with Crippen molar-refractivity contribution in [3.63, 3.8) is 0 Å². The van der Waals surface area contributed by atoms with E-state index >= 15 is 0 Å². The average Bonchev–Trinajstić information content (AvgIpc) is 2.99. The lowest BCUT2D eigenvalue weighted by Crippen LogP contribution is -2.32. The van der Waals surface area contributed by atoms with Crippen molar-refractivity contribution >= 4 is 21.8 Å². The second kappa shape index (κ2) is 5.10. The molecular formula is C21H18N2O. The lowest BCUT2D eigenvalue weighted by atomic mass is 10.1. The fourth-order valence-electron chi connectivity index (χ4n) is 3.50. The first kappa shape index (κ1) is 13.6. The van der Waals surface area contributed by atoms with E-state index in [9.17, 15) is 0 Å². The number of fused-ring (bicyclic) bond motifs is 3. The molecule has 0 saturated heterocycles. The molecule has 0 spiro atoms. The minimum Gasteiger partial charge on any atom is -0.469 e. The normalized spacial score (nSPS) is 12.4. The summed E-state index contributed by atoms with van der Waals surface area (Å²) in [4.78, 5) is 0. The Bertz CT molecular complexity index is 1080. The zero-order chi connectivity index (χ0) is 16.1. The van der Waals surface area contributed by atoms with Crippen LogP contribution in [0.25, 0.3) is 27.5 Å². The maximum absolute atomic E-state index is 6.22. The molecule has 5 rings (SSSR count). The first-order chi connectivity index (χ1) is 11.8. The van der Waals surface area contributed by atoms with Gasteiger partial charge in [-0.1, -0.05) is 49.7 Å². The van der Waals surface area contributed by atoms with Gasteiger partial charge in [0.15, 0.2) is 0 Å².